The molecule has 154 valence electrons. The third-order valence-electron chi connectivity index (χ3n) is 5.65. The van der Waals surface area contributed by atoms with Crippen LogP contribution in [0.1, 0.15) is 34.8 Å². The normalized spacial score (nSPS) is 18.8. The lowest BCUT2D eigenvalue weighted by atomic mass is 10.1. The molecule has 0 saturated carbocycles. The zero-order chi connectivity index (χ0) is 20.8. The number of carbonyl (C=O) groups is 1. The summed E-state index contributed by atoms with van der Waals surface area (Å²) in [5.41, 5.74) is 0.823. The summed E-state index contributed by atoms with van der Waals surface area (Å²) in [4.78, 5) is 27.5. The molecule has 0 spiro atoms. The first-order valence-electron chi connectivity index (χ1n) is 9.81. The first-order valence-corrected chi connectivity index (χ1v) is 9.81. The highest BCUT2D eigenvalue weighted by Gasteiger charge is 2.37. The quantitative estimate of drug-likeness (QED) is 0.703. The Bertz CT molecular complexity index is 1210. The number of ether oxygens (including phenoxy) is 1. The van der Waals surface area contributed by atoms with Gasteiger partial charge in [-0.25, -0.2) is 9.07 Å². The second-order valence-corrected chi connectivity index (χ2v) is 7.59. The zero-order valence-corrected chi connectivity index (χ0v) is 16.0. The third kappa shape index (κ3) is 3.02. The molecule has 0 unspecified atom stereocenters. The van der Waals surface area contributed by atoms with E-state index in [1.54, 1.807) is 17.0 Å². The van der Waals surface area contributed by atoms with E-state index >= 15 is 0 Å². The number of hydrogen-bond donors (Lipinski definition) is 1. The van der Waals surface area contributed by atoms with Crippen molar-refractivity contribution in [3.63, 3.8) is 0 Å². The molecule has 5 rings (SSSR count). The summed E-state index contributed by atoms with van der Waals surface area (Å²) in [6.45, 7) is 0.278. The number of aromatic nitrogens is 3. The van der Waals surface area contributed by atoms with Gasteiger partial charge in [-0.3, -0.25) is 9.59 Å². The molecule has 0 aliphatic carbocycles. The highest BCUT2D eigenvalue weighted by molar-refractivity contribution is 6.01. The molecule has 3 aromatic rings. The van der Waals surface area contributed by atoms with Crippen LogP contribution in [0.25, 0.3) is 10.9 Å². The number of fused-ring (bicyclic) bond motifs is 3. The molecule has 1 amide bonds. The van der Waals surface area contributed by atoms with Crippen LogP contribution in [-0.2, 0) is 6.42 Å². The Kier molecular flexibility index (Phi) is 4.47. The third-order valence-corrected chi connectivity index (χ3v) is 5.65. The van der Waals surface area contributed by atoms with Crippen LogP contribution in [0.3, 0.4) is 0 Å². The van der Waals surface area contributed by atoms with Crippen LogP contribution in [0, 0.1) is 5.82 Å². The van der Waals surface area contributed by atoms with Crippen molar-refractivity contribution >= 4 is 16.8 Å². The van der Waals surface area contributed by atoms with Gasteiger partial charge in [0.1, 0.15) is 17.1 Å². The first-order chi connectivity index (χ1) is 14.5. The molecular formula is C21H19FN4O4. The van der Waals surface area contributed by atoms with Crippen LogP contribution >= 0.6 is 0 Å². The maximum Gasteiger partial charge on any atom is 0.278 e. The monoisotopic (exact) mass is 410 g/mol. The van der Waals surface area contributed by atoms with E-state index in [1.807, 2.05) is 0 Å². The minimum absolute atomic E-state index is 0.133. The van der Waals surface area contributed by atoms with Crippen molar-refractivity contribution in [2.75, 3.05) is 13.2 Å². The van der Waals surface area contributed by atoms with Crippen molar-refractivity contribution in [1.29, 1.82) is 0 Å². The average molecular weight is 410 g/mol. The Hall–Kier alpha value is -3.33. The van der Waals surface area contributed by atoms with E-state index < -0.39 is 17.4 Å². The van der Waals surface area contributed by atoms with Crippen molar-refractivity contribution in [2.45, 2.75) is 31.5 Å². The number of hydrogen-bond acceptors (Lipinski definition) is 6. The van der Waals surface area contributed by atoms with Gasteiger partial charge >= 0.3 is 0 Å². The maximum atomic E-state index is 13.5. The predicted octanol–water partition coefficient (Wildman–Crippen LogP) is 1.66. The number of rotatable bonds is 4. The van der Waals surface area contributed by atoms with Crippen molar-refractivity contribution in [1.82, 2.24) is 19.9 Å². The van der Waals surface area contributed by atoms with Crippen molar-refractivity contribution in [2.24, 2.45) is 0 Å². The van der Waals surface area contributed by atoms with Crippen LogP contribution in [0.4, 0.5) is 4.39 Å². The van der Waals surface area contributed by atoms with E-state index in [4.69, 9.17) is 4.74 Å². The zero-order valence-electron chi connectivity index (χ0n) is 16.0. The van der Waals surface area contributed by atoms with E-state index in [9.17, 15) is 19.1 Å². The number of amides is 1. The molecule has 0 radical (unpaired) electrons. The minimum atomic E-state index is -0.708. The van der Waals surface area contributed by atoms with E-state index in [1.165, 1.54) is 24.3 Å². The Morgan fingerprint density at radius 2 is 2.13 bits per heavy atom. The number of nitrogens with zero attached hydrogens (tertiary/aromatic N) is 4. The van der Waals surface area contributed by atoms with Crippen molar-refractivity contribution in [3.8, 4) is 5.75 Å². The Morgan fingerprint density at radius 1 is 1.27 bits per heavy atom. The molecule has 2 aromatic carbocycles. The van der Waals surface area contributed by atoms with Gasteiger partial charge in [-0.15, -0.1) is 5.10 Å². The number of benzene rings is 2. The van der Waals surface area contributed by atoms with Gasteiger partial charge in [0.2, 0.25) is 0 Å². The van der Waals surface area contributed by atoms with Crippen LogP contribution < -0.4 is 10.3 Å². The lowest BCUT2D eigenvalue weighted by Crippen LogP contribution is -2.43. The Morgan fingerprint density at radius 3 is 2.93 bits per heavy atom. The van der Waals surface area contributed by atoms with Gasteiger partial charge in [-0.2, -0.15) is 0 Å². The molecule has 1 N–H and O–H groups in total. The summed E-state index contributed by atoms with van der Waals surface area (Å²) in [5.74, 6) is -0.167. The number of carbonyl (C=O) groups excluding carboxylic acids is 1. The van der Waals surface area contributed by atoms with Crippen LogP contribution in [0.5, 0.6) is 5.75 Å². The highest BCUT2D eigenvalue weighted by atomic mass is 19.1. The number of aliphatic hydroxyl groups excluding tert-OH is 1. The molecule has 2 aliphatic rings. The Labute approximate surface area is 170 Å². The smallest absolute Gasteiger partial charge is 0.278 e. The average Bonchev–Trinajstić information content (AvgIpc) is 3.21. The molecule has 9 heteroatoms. The van der Waals surface area contributed by atoms with Gasteiger partial charge in [0.05, 0.1) is 23.6 Å². The fraction of sp³-hybridized carbons (Fsp3) is 0.333. The molecule has 2 aliphatic heterocycles. The lowest BCUT2D eigenvalue weighted by molar-refractivity contribution is 0.0295. The largest absolute Gasteiger partial charge is 0.470 e. The molecule has 3 heterocycles. The second-order valence-electron chi connectivity index (χ2n) is 7.59. The first kappa shape index (κ1) is 18.7. The molecule has 2 atom stereocenters. The number of aliphatic hydroxyl groups is 1. The van der Waals surface area contributed by atoms with Crippen molar-refractivity contribution in [3.05, 3.63) is 63.7 Å². The van der Waals surface area contributed by atoms with Gasteiger partial charge in [0.25, 0.3) is 11.5 Å². The van der Waals surface area contributed by atoms with Crippen LogP contribution in [0.2, 0.25) is 0 Å². The van der Waals surface area contributed by atoms with Gasteiger partial charge in [-0.05, 0) is 42.7 Å². The number of halogens is 1. The Balaban J connectivity index is 1.55. The highest BCUT2D eigenvalue weighted by Crippen LogP contribution is 2.34. The summed E-state index contributed by atoms with van der Waals surface area (Å²) >= 11 is 0. The van der Waals surface area contributed by atoms with Gasteiger partial charge < -0.3 is 14.7 Å². The SMILES string of the molecule is O=C1c2cc3nnn([C@H](CO)Cc4cccc(F)c4)c(=O)c3cc2O[C@@H]2CCCN12. The van der Waals surface area contributed by atoms with Crippen LogP contribution in [0.15, 0.2) is 41.2 Å². The lowest BCUT2D eigenvalue weighted by Gasteiger charge is -2.31. The molecule has 30 heavy (non-hydrogen) atoms. The molecule has 1 aromatic heterocycles. The summed E-state index contributed by atoms with van der Waals surface area (Å²) in [6.07, 6.45) is 1.53. The summed E-state index contributed by atoms with van der Waals surface area (Å²) in [5, 5.41) is 18.2. The van der Waals surface area contributed by atoms with Gasteiger partial charge in [-0.1, -0.05) is 17.3 Å². The van der Waals surface area contributed by atoms with Gasteiger partial charge in [0.15, 0.2) is 6.23 Å². The minimum Gasteiger partial charge on any atom is -0.470 e. The predicted molar refractivity (Wildman–Crippen MR) is 105 cm³/mol. The topological polar surface area (TPSA) is 97.6 Å². The van der Waals surface area contributed by atoms with Gasteiger partial charge in [0, 0.05) is 13.0 Å². The summed E-state index contributed by atoms with van der Waals surface area (Å²) in [7, 11) is 0. The van der Waals surface area contributed by atoms with Crippen molar-refractivity contribution < 1.29 is 19.0 Å². The van der Waals surface area contributed by atoms with Crippen LogP contribution in [-0.4, -0.2) is 50.3 Å². The molecule has 0 bridgehead atoms. The molecule has 8 nitrogen and oxygen atoms in total. The fourth-order valence-corrected chi connectivity index (χ4v) is 4.14. The maximum absolute atomic E-state index is 13.5. The summed E-state index contributed by atoms with van der Waals surface area (Å²) < 4.78 is 20.5. The summed E-state index contributed by atoms with van der Waals surface area (Å²) in [6, 6.07) is 8.32. The standard InChI is InChI=1S/C21H19FN4O4/c22-13-4-1-3-12(7-13)8-14(11-27)26-21(29)15-10-18-16(9-17(15)23-24-26)20(28)25-6-2-5-19(25)30-18/h1,3-4,7,9-10,14,19,27H,2,5-6,8,11H2/t14-,19+/m0/s1. The van der Waals surface area contributed by atoms with E-state index in [0.29, 0.717) is 23.4 Å². The molecule has 1 fully saturated rings. The van der Waals surface area contributed by atoms with E-state index in [-0.39, 0.29) is 36.1 Å². The van der Waals surface area contributed by atoms with E-state index in [2.05, 4.69) is 10.3 Å². The fourth-order valence-electron chi connectivity index (χ4n) is 4.14. The molecular weight excluding hydrogens is 391 g/mol. The molecule has 1 saturated heterocycles. The second kappa shape index (κ2) is 7.17. The van der Waals surface area contributed by atoms with E-state index in [0.717, 1.165) is 17.5 Å².